The summed E-state index contributed by atoms with van der Waals surface area (Å²) in [5.41, 5.74) is 24.1. The summed E-state index contributed by atoms with van der Waals surface area (Å²) in [5.74, 6) is 0.407. The van der Waals surface area contributed by atoms with Crippen molar-refractivity contribution in [2.75, 3.05) is 0 Å². The lowest BCUT2D eigenvalue weighted by Crippen LogP contribution is -3.00. The van der Waals surface area contributed by atoms with Gasteiger partial charge < -0.3 is 93.0 Å². The van der Waals surface area contributed by atoms with E-state index in [1.54, 1.807) is 48.5 Å². The number of fused-ring (bicyclic) bond motifs is 8. The molecule has 0 atom stereocenters. The van der Waals surface area contributed by atoms with E-state index in [1.807, 2.05) is 0 Å². The van der Waals surface area contributed by atoms with Gasteiger partial charge >= 0.3 is 0 Å². The average Bonchev–Trinajstić information content (AvgIpc) is 2.80. The zero-order valence-corrected chi connectivity index (χ0v) is 24.6. The normalized spacial score (nSPS) is 11.7. The number of phenols is 4. The van der Waals surface area contributed by atoms with Crippen molar-refractivity contribution >= 4 is 22.7 Å². The molecule has 5 rings (SSSR count). The minimum atomic E-state index is 0. The summed E-state index contributed by atoms with van der Waals surface area (Å²) in [6.45, 7) is 0. The van der Waals surface area contributed by atoms with Crippen molar-refractivity contribution in [1.29, 1.82) is 0 Å². The molecule has 4 aromatic carbocycles. The Bertz CT molecular complexity index is 1230. The number of hydrogen-bond acceptors (Lipinski definition) is 4. The first-order valence-electron chi connectivity index (χ1n) is 11.8. The first-order valence-corrected chi connectivity index (χ1v) is 11.8. The summed E-state index contributed by atoms with van der Waals surface area (Å²) in [6, 6.07) is 14.4. The van der Waals surface area contributed by atoms with Crippen LogP contribution in [0.4, 0.5) is 22.7 Å². The molecule has 8 bridgehead atoms. The molecule has 216 valence electrons. The fourth-order valence-electron chi connectivity index (χ4n) is 5.23. The minimum absolute atomic E-state index is 0. The Labute approximate surface area is 256 Å². The van der Waals surface area contributed by atoms with Crippen LogP contribution in [0.25, 0.3) is 0 Å². The summed E-state index contributed by atoms with van der Waals surface area (Å²) in [5, 5.41) is 44.7. The Morgan fingerprint density at radius 3 is 0.575 bits per heavy atom. The Morgan fingerprint density at radius 1 is 0.325 bits per heavy atom. The Morgan fingerprint density at radius 2 is 0.450 bits per heavy atom. The highest BCUT2D eigenvalue weighted by Gasteiger charge is 2.22. The molecule has 12 heteroatoms. The molecule has 0 spiro atoms. The summed E-state index contributed by atoms with van der Waals surface area (Å²) >= 11 is 0. The highest BCUT2D eigenvalue weighted by atomic mass is 35.5. The molecule has 16 N–H and O–H groups in total. The van der Waals surface area contributed by atoms with Crippen LogP contribution in [0.5, 0.6) is 23.0 Å². The van der Waals surface area contributed by atoms with Gasteiger partial charge in [0.25, 0.3) is 0 Å². The van der Waals surface area contributed by atoms with Crippen LogP contribution in [0.15, 0.2) is 48.5 Å². The van der Waals surface area contributed by atoms with Crippen LogP contribution in [0, 0.1) is 0 Å². The highest BCUT2D eigenvalue weighted by Crippen LogP contribution is 2.39. The molecule has 8 nitrogen and oxygen atoms in total. The molecule has 0 aliphatic heterocycles. The van der Waals surface area contributed by atoms with Gasteiger partial charge in [-0.1, -0.05) is 0 Å². The maximum Gasteiger partial charge on any atom is 0.128 e. The number of rotatable bonds is 0. The molecule has 0 radical (unpaired) electrons. The van der Waals surface area contributed by atoms with Gasteiger partial charge in [0.15, 0.2) is 0 Å². The number of benzene rings is 4. The van der Waals surface area contributed by atoms with Gasteiger partial charge in [0, 0.05) is 119 Å². The topological polar surface area (TPSA) is 191 Å². The monoisotopic (exact) mass is 628 g/mol. The third kappa shape index (κ3) is 6.86. The van der Waals surface area contributed by atoms with Gasteiger partial charge in [-0.05, 0) is 0 Å². The van der Waals surface area contributed by atoms with E-state index in [0.29, 0.717) is 44.5 Å². The van der Waals surface area contributed by atoms with Crippen molar-refractivity contribution < 1.29 is 93.0 Å². The average molecular weight is 630 g/mol. The first-order chi connectivity index (χ1) is 17.1. The SMILES string of the molecule is [Cl-].[Cl-].[Cl-].[Cl-].[NH3+]c1cc2c(O)c(c1)Cc1cc([NH3+])cc(c1O)Cc1cc([NH3+])cc(c1O)Cc1cc([NH3+])cc(c1O)C2. The van der Waals surface area contributed by atoms with Gasteiger partial charge in [0.1, 0.15) is 45.7 Å². The van der Waals surface area contributed by atoms with E-state index in [0.717, 1.165) is 22.7 Å². The third-order valence-corrected chi connectivity index (χ3v) is 6.83. The maximum atomic E-state index is 11.2. The second kappa shape index (κ2) is 13.6. The van der Waals surface area contributed by atoms with Gasteiger partial charge in [-0.2, -0.15) is 0 Å². The minimum Gasteiger partial charge on any atom is -1.00 e. The number of quaternary nitrogens is 4. The van der Waals surface area contributed by atoms with E-state index in [9.17, 15) is 20.4 Å². The maximum absolute atomic E-state index is 11.2. The predicted octanol–water partition coefficient (Wildman–Crippen LogP) is -11.3. The molecular formula is C28H32Cl4N4O4. The summed E-state index contributed by atoms with van der Waals surface area (Å²) in [7, 11) is 0. The van der Waals surface area contributed by atoms with Crippen molar-refractivity contribution in [3.63, 3.8) is 0 Å². The van der Waals surface area contributed by atoms with E-state index in [1.165, 1.54) is 0 Å². The molecule has 1 aliphatic carbocycles. The lowest BCUT2D eigenvalue weighted by molar-refractivity contribution is -0.255. The van der Waals surface area contributed by atoms with Crippen molar-refractivity contribution in [1.82, 2.24) is 0 Å². The highest BCUT2D eigenvalue weighted by molar-refractivity contribution is 5.61. The zero-order valence-electron chi connectivity index (χ0n) is 21.6. The number of aromatic hydroxyl groups is 4. The predicted molar refractivity (Wildman–Crippen MR) is 134 cm³/mol. The van der Waals surface area contributed by atoms with E-state index in [4.69, 9.17) is 0 Å². The van der Waals surface area contributed by atoms with Crippen molar-refractivity contribution in [3.05, 3.63) is 93.0 Å². The Hall–Kier alpha value is -2.92. The first kappa shape index (κ1) is 35.1. The Kier molecular flexibility index (Phi) is 12.0. The lowest BCUT2D eigenvalue weighted by Gasteiger charge is -2.17. The molecule has 40 heavy (non-hydrogen) atoms. The van der Waals surface area contributed by atoms with Crippen LogP contribution in [0.2, 0.25) is 0 Å². The van der Waals surface area contributed by atoms with Gasteiger partial charge in [-0.3, -0.25) is 0 Å². The van der Waals surface area contributed by atoms with Gasteiger partial charge in [-0.25, -0.2) is 0 Å². The second-order valence-electron chi connectivity index (χ2n) is 9.76. The molecule has 0 fully saturated rings. The van der Waals surface area contributed by atoms with Crippen LogP contribution >= 0.6 is 0 Å². The molecule has 4 aromatic rings. The van der Waals surface area contributed by atoms with Crippen LogP contribution < -0.4 is 72.6 Å². The quantitative estimate of drug-likeness (QED) is 0.0844. The van der Waals surface area contributed by atoms with Crippen molar-refractivity contribution in [3.8, 4) is 23.0 Å². The molecule has 0 amide bonds. The molecule has 0 saturated heterocycles. The molecule has 0 saturated carbocycles. The van der Waals surface area contributed by atoms with Crippen LogP contribution in [-0.4, -0.2) is 20.4 Å². The van der Waals surface area contributed by atoms with Crippen LogP contribution in [0.1, 0.15) is 44.5 Å². The smallest absolute Gasteiger partial charge is 0.128 e. The number of hydrogen-bond donors (Lipinski definition) is 8. The molecule has 0 unspecified atom stereocenters. The Balaban J connectivity index is 0.00000200. The van der Waals surface area contributed by atoms with E-state index in [-0.39, 0.29) is 98.3 Å². The summed E-state index contributed by atoms with van der Waals surface area (Å²) < 4.78 is 0. The van der Waals surface area contributed by atoms with Crippen molar-refractivity contribution in [2.24, 2.45) is 0 Å². The summed E-state index contributed by atoms with van der Waals surface area (Å²) in [4.78, 5) is 0. The second-order valence-corrected chi connectivity index (χ2v) is 9.76. The largest absolute Gasteiger partial charge is 1.00 e. The van der Waals surface area contributed by atoms with E-state index in [2.05, 4.69) is 22.9 Å². The third-order valence-electron chi connectivity index (χ3n) is 6.83. The van der Waals surface area contributed by atoms with Gasteiger partial charge in [0.2, 0.25) is 0 Å². The molecular weight excluding hydrogens is 598 g/mol. The standard InChI is InChI=1S/C28H28N4O4.4ClH/c29-21-5-13-1-14-6-22(30)8-16(26(14)34)3-18-10-24(32)12-20(28(18)36)4-19-11-23(31)9-17(27(19)35)2-15(7-21)25(13)33;;;;/h5-12,33-36H,1-4,29-32H2;4*1H. The number of phenolic OH excluding ortho intramolecular Hbond substituents is 4. The van der Waals surface area contributed by atoms with E-state index < -0.39 is 0 Å². The van der Waals surface area contributed by atoms with Gasteiger partial charge in [0.05, 0.1) is 0 Å². The van der Waals surface area contributed by atoms with E-state index >= 15 is 0 Å². The van der Waals surface area contributed by atoms with Crippen molar-refractivity contribution in [2.45, 2.75) is 25.7 Å². The molecule has 0 aromatic heterocycles. The van der Waals surface area contributed by atoms with Crippen LogP contribution in [0.3, 0.4) is 0 Å². The molecule has 1 aliphatic rings. The zero-order chi connectivity index (χ0) is 25.7. The fourth-order valence-corrected chi connectivity index (χ4v) is 5.23. The van der Waals surface area contributed by atoms with Crippen LogP contribution in [-0.2, 0) is 25.7 Å². The van der Waals surface area contributed by atoms with Gasteiger partial charge in [-0.15, -0.1) is 0 Å². The fraction of sp³-hybridized carbons (Fsp3) is 0.143. The summed E-state index contributed by atoms with van der Waals surface area (Å²) in [6.07, 6.45) is 1.07. The lowest BCUT2D eigenvalue weighted by atomic mass is 9.90. The number of halogens is 4. The molecule has 0 heterocycles.